The van der Waals surface area contributed by atoms with Gasteiger partial charge in [-0.05, 0) is 45.4 Å². The van der Waals surface area contributed by atoms with Crippen molar-refractivity contribution in [2.75, 3.05) is 26.3 Å². The van der Waals surface area contributed by atoms with Gasteiger partial charge in [0.2, 0.25) is 5.91 Å². The second kappa shape index (κ2) is 6.27. The standard InChI is InChI=1S/C18H27N3O2/c1-13-11-19-17(14-4-5-14)21(13)16-3-2-8-20(12-16)18(22)15-6-9-23-10-7-15/h11,14-16H,2-10,12H2,1H3. The molecule has 5 nitrogen and oxygen atoms in total. The molecule has 3 heterocycles. The van der Waals surface area contributed by atoms with E-state index in [1.165, 1.54) is 24.4 Å². The van der Waals surface area contributed by atoms with Crippen LogP contribution in [-0.2, 0) is 9.53 Å². The third-order valence-corrected chi connectivity index (χ3v) is 5.60. The summed E-state index contributed by atoms with van der Waals surface area (Å²) in [5.41, 5.74) is 1.25. The number of hydrogen-bond acceptors (Lipinski definition) is 3. The van der Waals surface area contributed by atoms with Gasteiger partial charge in [-0.25, -0.2) is 4.98 Å². The lowest BCUT2D eigenvalue weighted by molar-refractivity contribution is -0.140. The second-order valence-corrected chi connectivity index (χ2v) is 7.37. The van der Waals surface area contributed by atoms with Gasteiger partial charge >= 0.3 is 0 Å². The van der Waals surface area contributed by atoms with Crippen molar-refractivity contribution in [1.29, 1.82) is 0 Å². The van der Waals surface area contributed by atoms with Gasteiger partial charge in [0.05, 0.1) is 6.04 Å². The Balaban J connectivity index is 1.48. The first kappa shape index (κ1) is 15.2. The summed E-state index contributed by atoms with van der Waals surface area (Å²) in [4.78, 5) is 19.6. The first-order valence-electron chi connectivity index (χ1n) is 9.14. The zero-order chi connectivity index (χ0) is 15.8. The maximum absolute atomic E-state index is 12.8. The first-order valence-corrected chi connectivity index (χ1v) is 9.14. The fraction of sp³-hybridized carbons (Fsp3) is 0.778. The van der Waals surface area contributed by atoms with E-state index in [0.717, 1.165) is 52.0 Å². The Hall–Kier alpha value is -1.36. The molecule has 2 aliphatic heterocycles. The molecule has 126 valence electrons. The molecule has 0 spiro atoms. The maximum atomic E-state index is 12.8. The summed E-state index contributed by atoms with van der Waals surface area (Å²) in [7, 11) is 0. The summed E-state index contributed by atoms with van der Waals surface area (Å²) in [5, 5.41) is 0. The number of imidazole rings is 1. The predicted octanol–water partition coefficient (Wildman–Crippen LogP) is 2.66. The number of piperidine rings is 1. The minimum atomic E-state index is 0.175. The molecule has 0 bridgehead atoms. The van der Waals surface area contributed by atoms with Crippen molar-refractivity contribution in [2.24, 2.45) is 5.92 Å². The van der Waals surface area contributed by atoms with Gasteiger partial charge < -0.3 is 14.2 Å². The van der Waals surface area contributed by atoms with Crippen LogP contribution in [0.3, 0.4) is 0 Å². The highest BCUT2D eigenvalue weighted by molar-refractivity contribution is 5.79. The fourth-order valence-corrected chi connectivity index (χ4v) is 4.15. The van der Waals surface area contributed by atoms with E-state index in [1.807, 2.05) is 6.20 Å². The summed E-state index contributed by atoms with van der Waals surface area (Å²) in [6, 6.07) is 0.408. The van der Waals surface area contributed by atoms with Crippen LogP contribution in [0.1, 0.15) is 62.0 Å². The highest BCUT2D eigenvalue weighted by Gasteiger charge is 2.34. The molecule has 1 saturated carbocycles. The fourth-order valence-electron chi connectivity index (χ4n) is 4.15. The van der Waals surface area contributed by atoms with E-state index in [0.29, 0.717) is 17.9 Å². The van der Waals surface area contributed by atoms with E-state index >= 15 is 0 Å². The van der Waals surface area contributed by atoms with Crippen molar-refractivity contribution in [3.05, 3.63) is 17.7 Å². The molecular weight excluding hydrogens is 290 g/mol. The van der Waals surface area contributed by atoms with Crippen molar-refractivity contribution >= 4 is 5.91 Å². The van der Waals surface area contributed by atoms with Gasteiger partial charge in [0.15, 0.2) is 0 Å². The van der Waals surface area contributed by atoms with E-state index < -0.39 is 0 Å². The topological polar surface area (TPSA) is 47.4 Å². The summed E-state index contributed by atoms with van der Waals surface area (Å²) >= 11 is 0. The average molecular weight is 317 g/mol. The zero-order valence-electron chi connectivity index (χ0n) is 14.0. The Kier molecular flexibility index (Phi) is 4.14. The van der Waals surface area contributed by atoms with Crippen molar-refractivity contribution in [3.63, 3.8) is 0 Å². The van der Waals surface area contributed by atoms with Crippen LogP contribution in [0.5, 0.6) is 0 Å². The van der Waals surface area contributed by atoms with Crippen LogP contribution in [-0.4, -0.2) is 46.7 Å². The van der Waals surface area contributed by atoms with Crippen molar-refractivity contribution < 1.29 is 9.53 Å². The van der Waals surface area contributed by atoms with E-state index in [9.17, 15) is 4.79 Å². The lowest BCUT2D eigenvalue weighted by Crippen LogP contribution is -2.45. The van der Waals surface area contributed by atoms with Crippen molar-refractivity contribution in [2.45, 2.75) is 57.4 Å². The number of aromatic nitrogens is 2. The Bertz CT molecular complexity index is 573. The molecule has 1 aromatic heterocycles. The number of ether oxygens (including phenoxy) is 1. The summed E-state index contributed by atoms with van der Waals surface area (Å²) in [6.07, 6.45) is 8.58. The SMILES string of the molecule is Cc1cnc(C2CC2)n1C1CCCN(C(=O)C2CCOCC2)C1. The van der Waals surface area contributed by atoms with Gasteiger partial charge in [-0.2, -0.15) is 0 Å². The highest BCUT2D eigenvalue weighted by atomic mass is 16.5. The molecule has 1 amide bonds. The molecular formula is C18H27N3O2. The molecule has 0 radical (unpaired) electrons. The third kappa shape index (κ3) is 3.03. The summed E-state index contributed by atoms with van der Waals surface area (Å²) < 4.78 is 7.83. The average Bonchev–Trinajstić information content (AvgIpc) is 3.37. The number of rotatable bonds is 3. The van der Waals surface area contributed by atoms with Crippen LogP contribution in [0, 0.1) is 12.8 Å². The molecule has 5 heteroatoms. The Morgan fingerprint density at radius 3 is 2.74 bits per heavy atom. The minimum Gasteiger partial charge on any atom is -0.381 e. The smallest absolute Gasteiger partial charge is 0.225 e. The maximum Gasteiger partial charge on any atom is 0.225 e. The number of amides is 1. The monoisotopic (exact) mass is 317 g/mol. The number of carbonyl (C=O) groups excluding carboxylic acids is 1. The Morgan fingerprint density at radius 1 is 1.22 bits per heavy atom. The molecule has 0 N–H and O–H groups in total. The van der Waals surface area contributed by atoms with Crippen LogP contribution in [0.4, 0.5) is 0 Å². The van der Waals surface area contributed by atoms with Gasteiger partial charge in [0.1, 0.15) is 5.82 Å². The van der Waals surface area contributed by atoms with Gasteiger partial charge in [-0.1, -0.05) is 0 Å². The van der Waals surface area contributed by atoms with E-state index in [2.05, 4.69) is 21.4 Å². The van der Waals surface area contributed by atoms with Gasteiger partial charge in [0, 0.05) is 50.0 Å². The predicted molar refractivity (Wildman–Crippen MR) is 87.3 cm³/mol. The zero-order valence-corrected chi connectivity index (χ0v) is 14.0. The molecule has 0 aromatic carbocycles. The normalized spacial score (nSPS) is 26.5. The van der Waals surface area contributed by atoms with Gasteiger partial charge in [-0.15, -0.1) is 0 Å². The number of nitrogens with zero attached hydrogens (tertiary/aromatic N) is 3. The Morgan fingerprint density at radius 2 is 2.00 bits per heavy atom. The van der Waals surface area contributed by atoms with Crippen molar-refractivity contribution in [1.82, 2.24) is 14.5 Å². The molecule has 1 unspecified atom stereocenters. The quantitative estimate of drug-likeness (QED) is 0.861. The minimum absolute atomic E-state index is 0.175. The number of hydrogen-bond donors (Lipinski definition) is 0. The van der Waals surface area contributed by atoms with Gasteiger partial charge in [0.25, 0.3) is 0 Å². The molecule has 1 aromatic rings. The molecule has 2 saturated heterocycles. The highest BCUT2D eigenvalue weighted by Crippen LogP contribution is 2.41. The second-order valence-electron chi connectivity index (χ2n) is 7.37. The van der Waals surface area contributed by atoms with E-state index in [-0.39, 0.29) is 5.92 Å². The third-order valence-electron chi connectivity index (χ3n) is 5.60. The molecule has 4 rings (SSSR count). The molecule has 1 atom stereocenters. The first-order chi connectivity index (χ1) is 11.2. The number of carbonyl (C=O) groups is 1. The lowest BCUT2D eigenvalue weighted by Gasteiger charge is -2.37. The lowest BCUT2D eigenvalue weighted by atomic mass is 9.96. The van der Waals surface area contributed by atoms with Crippen LogP contribution in [0.15, 0.2) is 6.20 Å². The molecule has 3 fully saturated rings. The molecule has 3 aliphatic rings. The van der Waals surface area contributed by atoms with Crippen LogP contribution >= 0.6 is 0 Å². The summed E-state index contributed by atoms with van der Waals surface area (Å²) in [6.45, 7) is 5.39. The number of likely N-dealkylation sites (tertiary alicyclic amines) is 1. The van der Waals surface area contributed by atoms with Crippen LogP contribution in [0.2, 0.25) is 0 Å². The molecule has 1 aliphatic carbocycles. The largest absolute Gasteiger partial charge is 0.381 e. The summed E-state index contributed by atoms with van der Waals surface area (Å²) in [5.74, 6) is 2.44. The van der Waals surface area contributed by atoms with Crippen molar-refractivity contribution in [3.8, 4) is 0 Å². The van der Waals surface area contributed by atoms with Crippen LogP contribution in [0.25, 0.3) is 0 Å². The molecule has 23 heavy (non-hydrogen) atoms. The van der Waals surface area contributed by atoms with E-state index in [1.54, 1.807) is 0 Å². The van der Waals surface area contributed by atoms with E-state index in [4.69, 9.17) is 4.74 Å². The van der Waals surface area contributed by atoms with Crippen LogP contribution < -0.4 is 0 Å². The Labute approximate surface area is 138 Å². The van der Waals surface area contributed by atoms with Gasteiger partial charge in [-0.3, -0.25) is 4.79 Å². The number of aryl methyl sites for hydroxylation is 1.